The average molecular weight is 537 g/mol. The molecule has 2 amide bonds. The van der Waals surface area contributed by atoms with Crippen LogP contribution in [0.2, 0.25) is 0 Å². The quantitative estimate of drug-likeness (QED) is 0.456. The van der Waals surface area contributed by atoms with Crippen LogP contribution < -0.4 is 10.0 Å². The van der Waals surface area contributed by atoms with Crippen LogP contribution in [0.25, 0.3) is 10.8 Å². The molecule has 8 nitrogen and oxygen atoms in total. The van der Waals surface area contributed by atoms with Crippen molar-refractivity contribution in [3.05, 3.63) is 71.8 Å². The predicted octanol–water partition coefficient (Wildman–Crippen LogP) is 3.87. The van der Waals surface area contributed by atoms with Gasteiger partial charge in [-0.1, -0.05) is 55.8 Å². The van der Waals surface area contributed by atoms with Crippen LogP contribution in [-0.2, 0) is 14.8 Å². The Morgan fingerprint density at radius 2 is 1.68 bits per heavy atom. The number of anilines is 1. The summed E-state index contributed by atoms with van der Waals surface area (Å²) in [6.07, 6.45) is 1.31. The van der Waals surface area contributed by atoms with E-state index in [1.165, 1.54) is 0 Å². The number of hydrogen-bond acceptors (Lipinski definition) is 5. The number of amides is 2. The first-order valence-corrected chi connectivity index (χ1v) is 14.4. The van der Waals surface area contributed by atoms with E-state index in [9.17, 15) is 18.0 Å². The Morgan fingerprint density at radius 1 is 1.00 bits per heavy atom. The first-order valence-electron chi connectivity index (χ1n) is 12.9. The van der Waals surface area contributed by atoms with E-state index in [0.29, 0.717) is 48.1 Å². The Hall–Kier alpha value is -3.27. The third-order valence-corrected chi connectivity index (χ3v) is 8.73. The minimum absolute atomic E-state index is 0.0172. The number of likely N-dealkylation sites (N-methyl/N-ethyl adjacent to an activating group) is 1. The second-order valence-electron chi connectivity index (χ2n) is 10.2. The molecule has 0 saturated carbocycles. The zero-order valence-electron chi connectivity index (χ0n) is 22.4. The van der Waals surface area contributed by atoms with Gasteiger partial charge in [0.05, 0.1) is 11.4 Å². The molecule has 3 aromatic carbocycles. The summed E-state index contributed by atoms with van der Waals surface area (Å²) in [5, 5.41) is 4.14. The molecule has 202 valence electrons. The van der Waals surface area contributed by atoms with Gasteiger partial charge >= 0.3 is 0 Å². The number of sulfonamides is 1. The fraction of sp³-hybridized carbons (Fsp3) is 0.379. The lowest BCUT2D eigenvalue weighted by atomic mass is 9.90. The molecule has 4 rings (SSSR count). The first-order chi connectivity index (χ1) is 18.1. The molecule has 0 aromatic heterocycles. The second kappa shape index (κ2) is 11.6. The lowest BCUT2D eigenvalue weighted by molar-refractivity contribution is -0.133. The van der Waals surface area contributed by atoms with Gasteiger partial charge in [0.1, 0.15) is 0 Å². The zero-order chi connectivity index (χ0) is 27.4. The smallest absolute Gasteiger partial charge is 0.255 e. The molecule has 2 atom stereocenters. The highest BCUT2D eigenvalue weighted by Crippen LogP contribution is 2.31. The Bertz CT molecular complexity index is 1440. The monoisotopic (exact) mass is 536 g/mol. The van der Waals surface area contributed by atoms with Crippen LogP contribution in [0.15, 0.2) is 65.6 Å². The van der Waals surface area contributed by atoms with Gasteiger partial charge in [-0.15, -0.1) is 0 Å². The number of nitrogens with zero attached hydrogens (tertiary/aromatic N) is 2. The summed E-state index contributed by atoms with van der Waals surface area (Å²) in [4.78, 5) is 29.4. The van der Waals surface area contributed by atoms with Gasteiger partial charge in [0.15, 0.2) is 0 Å². The van der Waals surface area contributed by atoms with Gasteiger partial charge in [0.2, 0.25) is 15.9 Å². The Balaban J connectivity index is 1.57. The van der Waals surface area contributed by atoms with Gasteiger partial charge in [0, 0.05) is 41.2 Å². The van der Waals surface area contributed by atoms with Crippen LogP contribution in [0.1, 0.15) is 35.7 Å². The Labute approximate surface area is 225 Å². The number of carbonyl (C=O) groups excluding carboxylic acids is 2. The van der Waals surface area contributed by atoms with E-state index < -0.39 is 10.0 Å². The number of nitrogens with one attached hydrogen (secondary N) is 2. The average Bonchev–Trinajstić information content (AvgIpc) is 2.88. The highest BCUT2D eigenvalue weighted by molar-refractivity contribution is 7.89. The maximum Gasteiger partial charge on any atom is 0.255 e. The molecule has 1 fully saturated rings. The number of benzene rings is 3. The van der Waals surface area contributed by atoms with E-state index in [2.05, 4.69) is 10.0 Å². The van der Waals surface area contributed by atoms with E-state index >= 15 is 0 Å². The molecule has 0 radical (unpaired) electrons. The Morgan fingerprint density at radius 3 is 2.37 bits per heavy atom. The van der Waals surface area contributed by atoms with E-state index in [1.807, 2.05) is 68.1 Å². The first kappa shape index (κ1) is 27.8. The summed E-state index contributed by atoms with van der Waals surface area (Å²) in [5.74, 6) is -0.170. The fourth-order valence-corrected chi connectivity index (χ4v) is 6.64. The number of aryl methyl sites for hydroxylation is 1. The van der Waals surface area contributed by atoms with Crippen molar-refractivity contribution in [1.82, 2.24) is 14.5 Å². The number of hydrogen-bond donors (Lipinski definition) is 2. The standard InChI is InChI=1S/C29H36N4O4S/c1-5-21-18-33(28(34)19-32(3)4)17-16-25(21)31-38(36,37)27-15-14-26(23-12-8-9-13-24(23)27)30-29(35)22-11-7-6-10-20(22)2/h6-15,21,25,31H,5,16-19H2,1-4H3,(H,30,35)/t21-,25+/m1/s1. The lowest BCUT2D eigenvalue weighted by Gasteiger charge is -2.39. The molecule has 38 heavy (non-hydrogen) atoms. The van der Waals surface area contributed by atoms with Crippen molar-refractivity contribution in [3.8, 4) is 0 Å². The number of carbonyl (C=O) groups is 2. The summed E-state index contributed by atoms with van der Waals surface area (Å²) in [7, 11) is -0.143. The van der Waals surface area contributed by atoms with Crippen molar-refractivity contribution < 1.29 is 18.0 Å². The van der Waals surface area contributed by atoms with Crippen LogP contribution in [0.5, 0.6) is 0 Å². The molecule has 1 aliphatic heterocycles. The lowest BCUT2D eigenvalue weighted by Crippen LogP contribution is -2.53. The fourth-order valence-electron chi connectivity index (χ4n) is 5.09. The van der Waals surface area contributed by atoms with Crippen molar-refractivity contribution >= 4 is 38.3 Å². The number of fused-ring (bicyclic) bond motifs is 1. The number of likely N-dealkylation sites (tertiary alicyclic amines) is 1. The van der Waals surface area contributed by atoms with E-state index in [0.717, 1.165) is 12.0 Å². The zero-order valence-corrected chi connectivity index (χ0v) is 23.2. The van der Waals surface area contributed by atoms with Gasteiger partial charge in [-0.05, 0) is 57.1 Å². The highest BCUT2D eigenvalue weighted by Gasteiger charge is 2.34. The van der Waals surface area contributed by atoms with Gasteiger partial charge in [-0.25, -0.2) is 13.1 Å². The molecule has 0 unspecified atom stereocenters. The normalized spacial score (nSPS) is 18.1. The summed E-state index contributed by atoms with van der Waals surface area (Å²) in [5.41, 5.74) is 1.97. The summed E-state index contributed by atoms with van der Waals surface area (Å²) in [6.45, 7) is 5.28. The number of rotatable bonds is 8. The molecule has 1 saturated heterocycles. The largest absolute Gasteiger partial charge is 0.341 e. The topological polar surface area (TPSA) is 98.8 Å². The predicted molar refractivity (Wildman–Crippen MR) is 151 cm³/mol. The van der Waals surface area contributed by atoms with Crippen LogP contribution in [0.4, 0.5) is 5.69 Å². The van der Waals surface area contributed by atoms with Crippen molar-refractivity contribution in [2.45, 2.75) is 37.6 Å². The molecule has 0 spiro atoms. The summed E-state index contributed by atoms with van der Waals surface area (Å²) >= 11 is 0. The number of piperidine rings is 1. The Kier molecular flexibility index (Phi) is 8.50. The summed E-state index contributed by atoms with van der Waals surface area (Å²) in [6, 6.07) is 17.4. The molecular formula is C29H36N4O4S. The van der Waals surface area contributed by atoms with Crippen molar-refractivity contribution in [2.75, 3.05) is 39.0 Å². The van der Waals surface area contributed by atoms with Crippen LogP contribution in [0, 0.1) is 12.8 Å². The minimum Gasteiger partial charge on any atom is -0.341 e. The SMILES string of the molecule is CC[C@@H]1CN(C(=O)CN(C)C)CC[C@@H]1NS(=O)(=O)c1ccc(NC(=O)c2ccccc2C)c2ccccc12. The molecule has 0 aliphatic carbocycles. The van der Waals surface area contributed by atoms with Gasteiger partial charge in [-0.3, -0.25) is 9.59 Å². The third kappa shape index (κ3) is 6.06. The van der Waals surface area contributed by atoms with E-state index in [4.69, 9.17) is 0 Å². The molecule has 2 N–H and O–H groups in total. The third-order valence-electron chi connectivity index (χ3n) is 7.18. The molecule has 1 aliphatic rings. The molecule has 0 bridgehead atoms. The van der Waals surface area contributed by atoms with Crippen molar-refractivity contribution in [2.24, 2.45) is 5.92 Å². The van der Waals surface area contributed by atoms with Crippen LogP contribution in [-0.4, -0.2) is 69.8 Å². The molecular weight excluding hydrogens is 500 g/mol. The van der Waals surface area contributed by atoms with E-state index in [1.54, 1.807) is 30.3 Å². The van der Waals surface area contributed by atoms with Gasteiger partial charge in [-0.2, -0.15) is 0 Å². The van der Waals surface area contributed by atoms with Crippen molar-refractivity contribution in [1.29, 1.82) is 0 Å². The van der Waals surface area contributed by atoms with Gasteiger partial charge < -0.3 is 15.1 Å². The maximum atomic E-state index is 13.7. The molecule has 9 heteroatoms. The molecule has 3 aromatic rings. The van der Waals surface area contributed by atoms with E-state index in [-0.39, 0.29) is 28.7 Å². The maximum absolute atomic E-state index is 13.7. The minimum atomic E-state index is -3.86. The van der Waals surface area contributed by atoms with Gasteiger partial charge in [0.25, 0.3) is 5.91 Å². The second-order valence-corrected chi connectivity index (χ2v) is 11.9. The van der Waals surface area contributed by atoms with Crippen LogP contribution in [0.3, 0.4) is 0 Å². The molecule has 1 heterocycles. The van der Waals surface area contributed by atoms with Crippen molar-refractivity contribution in [3.63, 3.8) is 0 Å². The van der Waals surface area contributed by atoms with Crippen LogP contribution >= 0.6 is 0 Å². The summed E-state index contributed by atoms with van der Waals surface area (Å²) < 4.78 is 30.2. The highest BCUT2D eigenvalue weighted by atomic mass is 32.2.